The van der Waals surface area contributed by atoms with E-state index < -0.39 is 41.5 Å². The fourth-order valence-electron chi connectivity index (χ4n) is 4.56. The van der Waals surface area contributed by atoms with E-state index in [0.29, 0.717) is 24.1 Å². The number of nitrogens with zero attached hydrogens (tertiary/aromatic N) is 1. The molecule has 2 heterocycles. The van der Waals surface area contributed by atoms with Crippen LogP contribution in [0.5, 0.6) is 11.5 Å². The van der Waals surface area contributed by atoms with E-state index in [1.54, 1.807) is 27.0 Å². The van der Waals surface area contributed by atoms with Crippen LogP contribution < -0.4 is 25.4 Å². The van der Waals surface area contributed by atoms with Gasteiger partial charge in [0, 0.05) is 36.2 Å². The molecule has 0 aliphatic carbocycles. The Labute approximate surface area is 257 Å². The minimum absolute atomic E-state index is 0.0225. The summed E-state index contributed by atoms with van der Waals surface area (Å²) in [5.41, 5.74) is -2.77. The molecule has 1 aliphatic heterocycles. The van der Waals surface area contributed by atoms with Crippen molar-refractivity contribution in [2.75, 3.05) is 27.2 Å². The van der Waals surface area contributed by atoms with E-state index in [9.17, 15) is 27.2 Å². The number of carbonyl (C=O) groups is 2. The first-order valence-electron chi connectivity index (χ1n) is 13.7. The first-order chi connectivity index (χ1) is 20.6. The summed E-state index contributed by atoms with van der Waals surface area (Å²) in [7, 11) is 3.02. The highest BCUT2D eigenvalue weighted by molar-refractivity contribution is 6.31. The van der Waals surface area contributed by atoms with Crippen molar-refractivity contribution in [1.29, 1.82) is 0 Å². The summed E-state index contributed by atoms with van der Waals surface area (Å²) >= 11 is 5.97. The molecule has 13 heteroatoms. The number of pyridine rings is 1. The molecule has 3 aromatic rings. The molecule has 4 rings (SSSR count). The van der Waals surface area contributed by atoms with Crippen molar-refractivity contribution < 1.29 is 36.6 Å². The van der Waals surface area contributed by atoms with Crippen molar-refractivity contribution in [2.24, 2.45) is 0 Å². The molecule has 3 N–H and O–H groups in total. The van der Waals surface area contributed by atoms with E-state index in [2.05, 4.69) is 20.9 Å². The van der Waals surface area contributed by atoms with Crippen LogP contribution in [0.15, 0.2) is 48.5 Å². The fraction of sp³-hybridized carbons (Fsp3) is 0.387. The molecule has 0 saturated carbocycles. The Kier molecular flexibility index (Phi) is 9.46. The predicted molar refractivity (Wildman–Crippen MR) is 158 cm³/mol. The number of methoxy groups -OCH3 is 1. The maximum Gasteiger partial charge on any atom is 0.401 e. The first kappa shape index (κ1) is 33.0. The van der Waals surface area contributed by atoms with Crippen LogP contribution in [-0.4, -0.2) is 56.3 Å². The lowest BCUT2D eigenvalue weighted by atomic mass is 9.82. The smallest absolute Gasteiger partial charge is 0.401 e. The number of benzene rings is 2. The Morgan fingerprint density at radius 2 is 1.82 bits per heavy atom. The minimum Gasteiger partial charge on any atom is -0.493 e. The molecular weight excluding hydrogens is 604 g/mol. The molecule has 2 aromatic carbocycles. The van der Waals surface area contributed by atoms with Gasteiger partial charge in [-0.1, -0.05) is 11.6 Å². The van der Waals surface area contributed by atoms with Gasteiger partial charge in [0.1, 0.15) is 11.2 Å². The van der Waals surface area contributed by atoms with Crippen molar-refractivity contribution in [3.05, 3.63) is 76.2 Å². The molecule has 1 aliphatic rings. The average molecular weight is 637 g/mol. The number of hydrogen-bond acceptors (Lipinski definition) is 6. The number of amides is 2. The topological polar surface area (TPSA) is 102 Å². The number of carbonyl (C=O) groups excluding carboxylic acids is 2. The van der Waals surface area contributed by atoms with Crippen LogP contribution in [0.2, 0.25) is 5.02 Å². The minimum atomic E-state index is -4.84. The van der Waals surface area contributed by atoms with E-state index in [4.69, 9.17) is 21.1 Å². The molecule has 44 heavy (non-hydrogen) atoms. The predicted octanol–water partition coefficient (Wildman–Crippen LogP) is 5.52. The molecule has 0 radical (unpaired) electrons. The number of halogens is 5. The SMILES string of the molecule is CNC(C)(C)c1cc(-c2ccc(F)c(Cl)c2)nc(C(C)(CNC(=O)c2ccc(O[C@H]3CCNC3=O)c(OC)c2)C(F)(F)F)c1. The molecule has 1 saturated heterocycles. The molecule has 2 amide bonds. The zero-order valence-electron chi connectivity index (χ0n) is 24.8. The Balaban J connectivity index is 1.68. The second kappa shape index (κ2) is 12.6. The van der Waals surface area contributed by atoms with Crippen LogP contribution in [0.1, 0.15) is 48.8 Å². The van der Waals surface area contributed by atoms with E-state index in [1.165, 1.54) is 43.5 Å². The van der Waals surface area contributed by atoms with Crippen molar-refractivity contribution in [2.45, 2.75) is 50.4 Å². The Hall–Kier alpha value is -3.90. The second-order valence-corrected chi connectivity index (χ2v) is 11.6. The Morgan fingerprint density at radius 1 is 1.09 bits per heavy atom. The highest BCUT2D eigenvalue weighted by atomic mass is 35.5. The molecule has 0 spiro atoms. The maximum absolute atomic E-state index is 14.9. The molecule has 1 aromatic heterocycles. The average Bonchev–Trinajstić information content (AvgIpc) is 3.40. The van der Waals surface area contributed by atoms with Gasteiger partial charge in [-0.3, -0.25) is 14.6 Å². The van der Waals surface area contributed by atoms with Crippen LogP contribution in [0.3, 0.4) is 0 Å². The zero-order chi connectivity index (χ0) is 32.4. The van der Waals surface area contributed by atoms with Crippen LogP contribution in [0, 0.1) is 5.82 Å². The molecular formula is C31H33ClF4N4O4. The quantitative estimate of drug-likeness (QED) is 0.253. The number of aromatic nitrogens is 1. The van der Waals surface area contributed by atoms with Gasteiger partial charge < -0.3 is 25.4 Å². The summed E-state index contributed by atoms with van der Waals surface area (Å²) < 4.78 is 69.5. The van der Waals surface area contributed by atoms with Gasteiger partial charge in [-0.15, -0.1) is 0 Å². The summed E-state index contributed by atoms with van der Waals surface area (Å²) in [6.07, 6.45) is -5.11. The standard InChI is InChI=1S/C31H33ClF4N4O4/c1-29(2,37-4)19-14-22(17-6-8-21(33)20(32)12-17)40-26(15-19)30(3,31(34,35)36)16-39-27(41)18-7-9-23(25(13-18)43-5)44-24-10-11-38-28(24)42/h6-9,12-15,24,37H,10-11,16H2,1-5H3,(H,38,42)(H,39,41)/t24-,30?/m0/s1. The molecule has 1 unspecified atom stereocenters. The second-order valence-electron chi connectivity index (χ2n) is 11.2. The Morgan fingerprint density at radius 3 is 2.41 bits per heavy atom. The van der Waals surface area contributed by atoms with Gasteiger partial charge in [-0.2, -0.15) is 13.2 Å². The first-order valence-corrected chi connectivity index (χ1v) is 14.1. The fourth-order valence-corrected chi connectivity index (χ4v) is 4.74. The van der Waals surface area contributed by atoms with Gasteiger partial charge in [-0.25, -0.2) is 4.39 Å². The van der Waals surface area contributed by atoms with E-state index >= 15 is 0 Å². The molecule has 0 bridgehead atoms. The third-order valence-corrected chi connectivity index (χ3v) is 8.16. The molecule has 8 nitrogen and oxygen atoms in total. The summed E-state index contributed by atoms with van der Waals surface area (Å²) in [6.45, 7) is 4.16. The molecule has 2 atom stereocenters. The van der Waals surface area contributed by atoms with Crippen molar-refractivity contribution >= 4 is 23.4 Å². The van der Waals surface area contributed by atoms with Gasteiger partial charge in [0.05, 0.1) is 23.5 Å². The van der Waals surface area contributed by atoms with Crippen LogP contribution in [0.25, 0.3) is 11.3 Å². The van der Waals surface area contributed by atoms with E-state index in [-0.39, 0.29) is 39.4 Å². The lowest BCUT2D eigenvalue weighted by Crippen LogP contribution is -2.49. The van der Waals surface area contributed by atoms with Gasteiger partial charge in [0.15, 0.2) is 17.6 Å². The largest absolute Gasteiger partial charge is 0.493 e. The third kappa shape index (κ3) is 6.76. The third-order valence-electron chi connectivity index (χ3n) is 7.87. The number of nitrogens with one attached hydrogen (secondary N) is 3. The van der Waals surface area contributed by atoms with Gasteiger partial charge in [0.2, 0.25) is 0 Å². The van der Waals surface area contributed by atoms with Crippen molar-refractivity contribution in [1.82, 2.24) is 20.9 Å². The van der Waals surface area contributed by atoms with Crippen LogP contribution >= 0.6 is 11.6 Å². The molecule has 1 fully saturated rings. The summed E-state index contributed by atoms with van der Waals surface area (Å²) in [6, 6.07) is 10.9. The normalized spacial score (nSPS) is 16.7. The number of hydrogen-bond donors (Lipinski definition) is 3. The highest BCUT2D eigenvalue weighted by Crippen LogP contribution is 2.42. The summed E-state index contributed by atoms with van der Waals surface area (Å²) in [4.78, 5) is 29.4. The van der Waals surface area contributed by atoms with Crippen LogP contribution in [-0.2, 0) is 15.7 Å². The number of ether oxygens (including phenoxy) is 2. The number of rotatable bonds is 10. The number of alkyl halides is 3. The van der Waals surface area contributed by atoms with Gasteiger partial charge in [0.25, 0.3) is 11.8 Å². The Bertz CT molecular complexity index is 1570. The maximum atomic E-state index is 14.9. The summed E-state index contributed by atoms with van der Waals surface area (Å²) in [5, 5.41) is 7.93. The van der Waals surface area contributed by atoms with E-state index in [0.717, 1.165) is 13.0 Å². The van der Waals surface area contributed by atoms with Crippen LogP contribution in [0.4, 0.5) is 17.6 Å². The van der Waals surface area contributed by atoms with Gasteiger partial charge >= 0.3 is 6.18 Å². The monoisotopic (exact) mass is 636 g/mol. The molecule has 236 valence electrons. The summed E-state index contributed by atoms with van der Waals surface area (Å²) in [5.74, 6) is -1.39. The van der Waals surface area contributed by atoms with E-state index in [1.807, 2.05) is 0 Å². The van der Waals surface area contributed by atoms with Crippen molar-refractivity contribution in [3.8, 4) is 22.8 Å². The lowest BCUT2D eigenvalue weighted by molar-refractivity contribution is -0.184. The van der Waals surface area contributed by atoms with Crippen molar-refractivity contribution in [3.63, 3.8) is 0 Å². The lowest BCUT2D eigenvalue weighted by Gasteiger charge is -2.34. The van der Waals surface area contributed by atoms with Gasteiger partial charge in [-0.05, 0) is 81.9 Å². The highest BCUT2D eigenvalue weighted by Gasteiger charge is 2.54. The zero-order valence-corrected chi connectivity index (χ0v) is 25.5.